The highest BCUT2D eigenvalue weighted by Crippen LogP contribution is 2.06. The van der Waals surface area contributed by atoms with E-state index in [4.69, 9.17) is 5.73 Å². The summed E-state index contributed by atoms with van der Waals surface area (Å²) in [7, 11) is 0. The third kappa shape index (κ3) is 1.89. The van der Waals surface area contributed by atoms with E-state index < -0.39 is 0 Å². The van der Waals surface area contributed by atoms with Crippen LogP contribution in [0.5, 0.6) is 0 Å². The van der Waals surface area contributed by atoms with E-state index in [1.807, 2.05) is 36.4 Å². The largest absolute Gasteiger partial charge is 0.399 e. The monoisotopic (exact) mass is 234 g/mol. The Morgan fingerprint density at radius 1 is 1.11 bits per heavy atom. The Kier molecular flexibility index (Phi) is 2.43. The second-order valence-electron chi connectivity index (χ2n) is 3.81. The van der Waals surface area contributed by atoms with Crippen LogP contribution in [0.2, 0.25) is 0 Å². The Morgan fingerprint density at radius 2 is 2.06 bits per heavy atom. The van der Waals surface area contributed by atoms with Crippen molar-refractivity contribution in [3.8, 4) is 11.8 Å². The molecule has 0 aliphatic heterocycles. The average Bonchev–Trinajstić information content (AvgIpc) is 2.80. The number of nitrogens with zero attached hydrogens (tertiary/aromatic N) is 3. The van der Waals surface area contributed by atoms with Gasteiger partial charge in [-0.3, -0.25) is 0 Å². The number of fused-ring (bicyclic) bond motifs is 1. The molecular formula is C14H10N4. The Morgan fingerprint density at radius 3 is 2.94 bits per heavy atom. The zero-order valence-electron chi connectivity index (χ0n) is 9.54. The van der Waals surface area contributed by atoms with E-state index in [9.17, 15) is 0 Å². The second kappa shape index (κ2) is 4.22. The van der Waals surface area contributed by atoms with Crippen LogP contribution in [0.4, 0.5) is 5.69 Å². The van der Waals surface area contributed by atoms with Crippen molar-refractivity contribution in [2.75, 3.05) is 5.73 Å². The first-order valence-electron chi connectivity index (χ1n) is 5.49. The Bertz CT molecular complexity index is 762. The topological polar surface area (TPSA) is 56.2 Å². The van der Waals surface area contributed by atoms with Crippen LogP contribution in [-0.2, 0) is 0 Å². The van der Waals surface area contributed by atoms with Crippen molar-refractivity contribution < 1.29 is 0 Å². The molecule has 2 heterocycles. The highest BCUT2D eigenvalue weighted by atomic mass is 15.2. The highest BCUT2D eigenvalue weighted by molar-refractivity contribution is 5.50. The minimum atomic E-state index is 0.707. The summed E-state index contributed by atoms with van der Waals surface area (Å²) < 4.78 is 1.71. The van der Waals surface area contributed by atoms with Crippen molar-refractivity contribution >= 4 is 11.3 Å². The third-order valence-electron chi connectivity index (χ3n) is 2.50. The van der Waals surface area contributed by atoms with Gasteiger partial charge in [-0.1, -0.05) is 12.0 Å². The lowest BCUT2D eigenvalue weighted by Crippen LogP contribution is -1.92. The standard InChI is InChI=1S/C14H10N4/c15-12-4-1-3-11(9-12)6-7-13-10-16-14-5-2-8-17-18(13)14/h1-5,8-10H,15H2. The third-order valence-corrected chi connectivity index (χ3v) is 2.50. The average molecular weight is 234 g/mol. The maximum Gasteiger partial charge on any atom is 0.154 e. The molecule has 2 N–H and O–H groups in total. The summed E-state index contributed by atoms with van der Waals surface area (Å²) >= 11 is 0. The van der Waals surface area contributed by atoms with Crippen molar-refractivity contribution in [1.29, 1.82) is 0 Å². The van der Waals surface area contributed by atoms with Crippen LogP contribution in [0, 0.1) is 11.8 Å². The molecule has 2 aromatic heterocycles. The van der Waals surface area contributed by atoms with Gasteiger partial charge in [-0.2, -0.15) is 5.10 Å². The molecule has 0 saturated heterocycles. The quantitative estimate of drug-likeness (QED) is 0.476. The van der Waals surface area contributed by atoms with Gasteiger partial charge in [0.05, 0.1) is 6.20 Å². The van der Waals surface area contributed by atoms with Crippen molar-refractivity contribution in [2.24, 2.45) is 0 Å². The molecule has 0 aliphatic carbocycles. The van der Waals surface area contributed by atoms with Gasteiger partial charge in [0, 0.05) is 17.4 Å². The maximum absolute atomic E-state index is 5.70. The first-order valence-corrected chi connectivity index (χ1v) is 5.49. The molecule has 0 atom stereocenters. The minimum Gasteiger partial charge on any atom is -0.399 e. The normalized spacial score (nSPS) is 10.0. The Hall–Kier alpha value is -2.80. The molecule has 86 valence electrons. The Labute approximate surface area is 104 Å². The van der Waals surface area contributed by atoms with Crippen molar-refractivity contribution in [3.05, 3.63) is 60.0 Å². The number of aromatic nitrogens is 3. The first-order chi connectivity index (χ1) is 8.83. The fraction of sp³-hybridized carbons (Fsp3) is 0. The lowest BCUT2D eigenvalue weighted by atomic mass is 10.2. The van der Waals surface area contributed by atoms with Crippen LogP contribution < -0.4 is 5.73 Å². The van der Waals surface area contributed by atoms with Gasteiger partial charge in [-0.25, -0.2) is 9.50 Å². The summed E-state index contributed by atoms with van der Waals surface area (Å²) in [6, 6.07) is 11.2. The Balaban J connectivity index is 2.03. The van der Waals surface area contributed by atoms with Crippen molar-refractivity contribution in [3.63, 3.8) is 0 Å². The molecule has 0 saturated carbocycles. The molecule has 1 aromatic carbocycles. The van der Waals surface area contributed by atoms with E-state index in [0.717, 1.165) is 16.9 Å². The van der Waals surface area contributed by atoms with Crippen LogP contribution in [0.25, 0.3) is 5.65 Å². The summed E-state index contributed by atoms with van der Waals surface area (Å²) in [5.74, 6) is 6.09. The maximum atomic E-state index is 5.70. The number of nitrogens with two attached hydrogens (primary N) is 1. The summed E-state index contributed by atoms with van der Waals surface area (Å²) in [5.41, 5.74) is 8.83. The van der Waals surface area contributed by atoms with Gasteiger partial charge in [0.1, 0.15) is 5.69 Å². The number of imidazole rings is 1. The van der Waals surface area contributed by atoms with Gasteiger partial charge in [-0.15, -0.1) is 0 Å². The number of benzene rings is 1. The number of nitrogen functional groups attached to an aromatic ring is 1. The molecule has 4 heteroatoms. The van der Waals surface area contributed by atoms with Crippen LogP contribution in [0.1, 0.15) is 11.3 Å². The van der Waals surface area contributed by atoms with Gasteiger partial charge < -0.3 is 5.73 Å². The smallest absolute Gasteiger partial charge is 0.154 e. The van der Waals surface area contributed by atoms with Crippen molar-refractivity contribution in [1.82, 2.24) is 14.6 Å². The van der Waals surface area contributed by atoms with Gasteiger partial charge in [-0.05, 0) is 36.3 Å². The van der Waals surface area contributed by atoms with Crippen LogP contribution in [0.15, 0.2) is 48.8 Å². The molecule has 0 aliphatic rings. The van der Waals surface area contributed by atoms with Crippen LogP contribution >= 0.6 is 0 Å². The lowest BCUT2D eigenvalue weighted by Gasteiger charge is -1.93. The number of rotatable bonds is 0. The summed E-state index contributed by atoms with van der Waals surface area (Å²) in [6.07, 6.45) is 3.42. The molecular weight excluding hydrogens is 224 g/mol. The molecule has 0 unspecified atom stereocenters. The van der Waals surface area contributed by atoms with Crippen LogP contribution in [0.3, 0.4) is 0 Å². The molecule has 0 fully saturated rings. The van der Waals surface area contributed by atoms with Crippen LogP contribution in [-0.4, -0.2) is 14.6 Å². The molecule has 0 bridgehead atoms. The molecule has 18 heavy (non-hydrogen) atoms. The summed E-state index contributed by atoms with van der Waals surface area (Å²) in [4.78, 5) is 4.22. The predicted octanol–water partition coefficient (Wildman–Crippen LogP) is 1.71. The van der Waals surface area contributed by atoms with Gasteiger partial charge in [0.2, 0.25) is 0 Å². The van der Waals surface area contributed by atoms with E-state index in [0.29, 0.717) is 5.69 Å². The van der Waals surface area contributed by atoms with E-state index in [1.54, 1.807) is 16.9 Å². The lowest BCUT2D eigenvalue weighted by molar-refractivity contribution is 0.923. The number of hydrogen-bond donors (Lipinski definition) is 1. The zero-order valence-corrected chi connectivity index (χ0v) is 9.54. The van der Waals surface area contributed by atoms with Gasteiger partial charge >= 0.3 is 0 Å². The number of anilines is 1. The van der Waals surface area contributed by atoms with Gasteiger partial charge in [0.25, 0.3) is 0 Å². The highest BCUT2D eigenvalue weighted by Gasteiger charge is 1.99. The number of hydrogen-bond acceptors (Lipinski definition) is 3. The second-order valence-corrected chi connectivity index (χ2v) is 3.81. The van der Waals surface area contributed by atoms with E-state index in [-0.39, 0.29) is 0 Å². The molecule has 3 aromatic rings. The molecule has 0 spiro atoms. The fourth-order valence-electron chi connectivity index (χ4n) is 1.67. The fourth-order valence-corrected chi connectivity index (χ4v) is 1.67. The summed E-state index contributed by atoms with van der Waals surface area (Å²) in [6.45, 7) is 0. The predicted molar refractivity (Wildman–Crippen MR) is 69.8 cm³/mol. The van der Waals surface area contributed by atoms with E-state index >= 15 is 0 Å². The molecule has 0 radical (unpaired) electrons. The molecule has 4 nitrogen and oxygen atoms in total. The molecule has 3 rings (SSSR count). The van der Waals surface area contributed by atoms with E-state index in [1.165, 1.54) is 0 Å². The zero-order chi connectivity index (χ0) is 12.4. The van der Waals surface area contributed by atoms with E-state index in [2.05, 4.69) is 21.9 Å². The minimum absolute atomic E-state index is 0.707. The molecule has 0 amide bonds. The summed E-state index contributed by atoms with van der Waals surface area (Å²) in [5, 5.41) is 4.20. The van der Waals surface area contributed by atoms with Gasteiger partial charge in [0.15, 0.2) is 5.65 Å². The van der Waals surface area contributed by atoms with Crippen molar-refractivity contribution in [2.45, 2.75) is 0 Å². The SMILES string of the molecule is Nc1cccc(C#Cc2cnc3cccnn23)c1. The first kappa shape index (κ1) is 10.4.